The maximum atomic E-state index is 13.2. The SMILES string of the molecule is Cc1ccc(S(=O)(=O)N(C)C)cc1NC(=O)CN1C(=O)N[C@]2(CCc3ccccc32)C1=O. The molecule has 2 aromatic carbocycles. The Hall–Kier alpha value is -3.24. The number of imide groups is 1. The average Bonchev–Trinajstić information content (AvgIpc) is 3.23. The molecule has 32 heavy (non-hydrogen) atoms. The summed E-state index contributed by atoms with van der Waals surface area (Å²) in [6, 6.07) is 11.2. The van der Waals surface area contributed by atoms with Crippen LogP contribution in [0.15, 0.2) is 47.4 Å². The van der Waals surface area contributed by atoms with Gasteiger partial charge in [0, 0.05) is 19.8 Å². The van der Waals surface area contributed by atoms with Crippen LogP contribution in [-0.4, -0.2) is 56.1 Å². The number of hydrogen-bond donors (Lipinski definition) is 2. The quantitative estimate of drug-likeness (QED) is 0.663. The van der Waals surface area contributed by atoms with Crippen molar-refractivity contribution in [3.05, 3.63) is 59.2 Å². The summed E-state index contributed by atoms with van der Waals surface area (Å²) in [6.45, 7) is 1.25. The number of nitrogens with one attached hydrogen (secondary N) is 2. The smallest absolute Gasteiger partial charge is 0.324 e. The molecule has 1 atom stereocenters. The van der Waals surface area contributed by atoms with Crippen LogP contribution in [-0.2, 0) is 31.6 Å². The van der Waals surface area contributed by atoms with Crippen molar-refractivity contribution in [1.29, 1.82) is 0 Å². The number of urea groups is 1. The summed E-state index contributed by atoms with van der Waals surface area (Å²) in [4.78, 5) is 39.4. The zero-order valence-corrected chi connectivity index (χ0v) is 18.8. The zero-order valence-electron chi connectivity index (χ0n) is 18.0. The number of sulfonamides is 1. The predicted molar refractivity (Wildman–Crippen MR) is 117 cm³/mol. The molecule has 168 valence electrons. The Balaban J connectivity index is 1.54. The molecule has 9 nitrogen and oxygen atoms in total. The van der Waals surface area contributed by atoms with Gasteiger partial charge in [0.25, 0.3) is 5.91 Å². The Kier molecular flexibility index (Phi) is 5.30. The van der Waals surface area contributed by atoms with E-state index in [-0.39, 0.29) is 4.90 Å². The first-order valence-corrected chi connectivity index (χ1v) is 11.6. The molecule has 0 unspecified atom stereocenters. The minimum atomic E-state index is -3.68. The Bertz CT molecular complexity index is 1240. The Morgan fingerprint density at radius 1 is 1.19 bits per heavy atom. The van der Waals surface area contributed by atoms with E-state index in [4.69, 9.17) is 0 Å². The minimum absolute atomic E-state index is 0.0277. The molecular formula is C22H24N4O5S. The van der Waals surface area contributed by atoms with Gasteiger partial charge in [-0.2, -0.15) is 0 Å². The monoisotopic (exact) mass is 456 g/mol. The second-order valence-electron chi connectivity index (χ2n) is 8.20. The first-order chi connectivity index (χ1) is 15.1. The van der Waals surface area contributed by atoms with Crippen LogP contribution in [0, 0.1) is 6.92 Å². The van der Waals surface area contributed by atoms with E-state index >= 15 is 0 Å². The highest BCUT2D eigenvalue weighted by Crippen LogP contribution is 2.41. The molecule has 4 amide bonds. The van der Waals surface area contributed by atoms with E-state index in [9.17, 15) is 22.8 Å². The van der Waals surface area contributed by atoms with Crippen LogP contribution in [0.1, 0.15) is 23.1 Å². The number of carbonyl (C=O) groups is 3. The maximum Gasteiger partial charge on any atom is 0.325 e. The number of rotatable bonds is 5. The summed E-state index contributed by atoms with van der Waals surface area (Å²) in [6.07, 6.45) is 1.10. The number of anilines is 1. The second kappa shape index (κ2) is 7.72. The van der Waals surface area contributed by atoms with Gasteiger partial charge in [-0.25, -0.2) is 17.5 Å². The van der Waals surface area contributed by atoms with Crippen molar-refractivity contribution >= 4 is 33.6 Å². The fourth-order valence-electron chi connectivity index (χ4n) is 4.17. The number of aryl methyl sites for hydroxylation is 2. The van der Waals surface area contributed by atoms with Crippen LogP contribution in [0.3, 0.4) is 0 Å². The largest absolute Gasteiger partial charge is 0.325 e. The van der Waals surface area contributed by atoms with Gasteiger partial charge in [0.15, 0.2) is 0 Å². The van der Waals surface area contributed by atoms with E-state index in [0.717, 1.165) is 20.3 Å². The molecule has 1 heterocycles. The Morgan fingerprint density at radius 3 is 2.62 bits per heavy atom. The number of amides is 4. The van der Waals surface area contributed by atoms with Gasteiger partial charge < -0.3 is 10.6 Å². The molecule has 1 aliphatic carbocycles. The summed E-state index contributed by atoms with van der Waals surface area (Å²) in [5.41, 5.74) is 1.57. The van der Waals surface area contributed by atoms with E-state index in [1.54, 1.807) is 13.0 Å². The highest BCUT2D eigenvalue weighted by molar-refractivity contribution is 7.89. The molecular weight excluding hydrogens is 432 g/mol. The van der Waals surface area contributed by atoms with Gasteiger partial charge >= 0.3 is 6.03 Å². The molecule has 0 radical (unpaired) electrons. The number of carbonyl (C=O) groups excluding carboxylic acids is 3. The first kappa shape index (κ1) is 22.0. The van der Waals surface area contributed by atoms with Crippen molar-refractivity contribution < 1.29 is 22.8 Å². The van der Waals surface area contributed by atoms with E-state index < -0.39 is 40.0 Å². The molecule has 2 aromatic rings. The third-order valence-corrected chi connectivity index (χ3v) is 7.80. The summed E-state index contributed by atoms with van der Waals surface area (Å²) in [5, 5.41) is 5.41. The predicted octanol–water partition coefficient (Wildman–Crippen LogP) is 1.58. The number of nitrogens with zero attached hydrogens (tertiary/aromatic N) is 2. The summed E-state index contributed by atoms with van der Waals surface area (Å²) >= 11 is 0. The van der Waals surface area contributed by atoms with Crippen molar-refractivity contribution in [2.45, 2.75) is 30.2 Å². The molecule has 10 heteroatoms. The van der Waals surface area contributed by atoms with E-state index in [0.29, 0.717) is 24.1 Å². The molecule has 2 N–H and O–H groups in total. The van der Waals surface area contributed by atoms with Crippen LogP contribution >= 0.6 is 0 Å². The van der Waals surface area contributed by atoms with Gasteiger partial charge in [-0.05, 0) is 48.6 Å². The molecule has 0 aromatic heterocycles. The summed E-state index contributed by atoms with van der Waals surface area (Å²) in [7, 11) is -0.845. The van der Waals surface area contributed by atoms with Crippen molar-refractivity contribution in [1.82, 2.24) is 14.5 Å². The van der Waals surface area contributed by atoms with Crippen molar-refractivity contribution in [3.63, 3.8) is 0 Å². The maximum absolute atomic E-state index is 13.2. The molecule has 2 aliphatic rings. The second-order valence-corrected chi connectivity index (χ2v) is 10.3. The minimum Gasteiger partial charge on any atom is -0.324 e. The van der Waals surface area contributed by atoms with Crippen LogP contribution in [0.5, 0.6) is 0 Å². The zero-order chi connectivity index (χ0) is 23.3. The van der Waals surface area contributed by atoms with Crippen molar-refractivity contribution in [2.24, 2.45) is 0 Å². The van der Waals surface area contributed by atoms with Crippen LogP contribution in [0.4, 0.5) is 10.5 Å². The standard InChI is InChI=1S/C22H24N4O5S/c1-14-8-9-16(32(30,31)25(2)3)12-18(14)23-19(27)13-26-20(28)22(24-21(26)29)11-10-15-6-4-5-7-17(15)22/h4-9,12H,10-11,13H2,1-3H3,(H,23,27)(H,24,29)/t22-/m0/s1. The highest BCUT2D eigenvalue weighted by Gasteiger charge is 2.55. The lowest BCUT2D eigenvalue weighted by Gasteiger charge is -2.22. The van der Waals surface area contributed by atoms with Crippen LogP contribution in [0.25, 0.3) is 0 Å². The summed E-state index contributed by atoms with van der Waals surface area (Å²) < 4.78 is 25.9. The number of benzene rings is 2. The molecule has 1 spiro atoms. The fourth-order valence-corrected chi connectivity index (χ4v) is 5.10. The van der Waals surface area contributed by atoms with Gasteiger partial charge in [-0.3, -0.25) is 14.5 Å². The van der Waals surface area contributed by atoms with E-state index in [2.05, 4.69) is 10.6 Å². The molecule has 0 saturated carbocycles. The van der Waals surface area contributed by atoms with Gasteiger partial charge in [0.05, 0.1) is 4.90 Å². The number of hydrogen-bond acceptors (Lipinski definition) is 5. The fraction of sp³-hybridized carbons (Fsp3) is 0.318. The summed E-state index contributed by atoms with van der Waals surface area (Å²) in [5.74, 6) is -1.05. The van der Waals surface area contributed by atoms with E-state index in [1.165, 1.54) is 26.2 Å². The molecule has 4 rings (SSSR count). The third-order valence-electron chi connectivity index (χ3n) is 5.99. The Morgan fingerprint density at radius 2 is 1.91 bits per heavy atom. The lowest BCUT2D eigenvalue weighted by Crippen LogP contribution is -2.43. The molecule has 0 bridgehead atoms. The Labute approximate surface area is 186 Å². The highest BCUT2D eigenvalue weighted by atomic mass is 32.2. The van der Waals surface area contributed by atoms with Crippen LogP contribution in [0.2, 0.25) is 0 Å². The third kappa shape index (κ3) is 3.45. The van der Waals surface area contributed by atoms with Crippen molar-refractivity contribution in [3.8, 4) is 0 Å². The van der Waals surface area contributed by atoms with Gasteiger partial charge in [0.2, 0.25) is 15.9 Å². The van der Waals surface area contributed by atoms with Gasteiger partial charge in [-0.15, -0.1) is 0 Å². The molecule has 1 aliphatic heterocycles. The van der Waals surface area contributed by atoms with Crippen molar-refractivity contribution in [2.75, 3.05) is 26.0 Å². The molecule has 1 fully saturated rings. The molecule has 1 saturated heterocycles. The lowest BCUT2D eigenvalue weighted by atomic mass is 9.92. The first-order valence-electron chi connectivity index (χ1n) is 10.1. The van der Waals surface area contributed by atoms with E-state index in [1.807, 2.05) is 24.3 Å². The average molecular weight is 457 g/mol. The normalized spacial score (nSPS) is 20.1. The number of fused-ring (bicyclic) bond motifs is 2. The van der Waals surface area contributed by atoms with Crippen LogP contribution < -0.4 is 10.6 Å². The lowest BCUT2D eigenvalue weighted by molar-refractivity contribution is -0.134. The van der Waals surface area contributed by atoms with Gasteiger partial charge in [-0.1, -0.05) is 30.3 Å². The van der Waals surface area contributed by atoms with Gasteiger partial charge in [0.1, 0.15) is 12.1 Å². The topological polar surface area (TPSA) is 116 Å².